The van der Waals surface area contributed by atoms with E-state index in [2.05, 4.69) is 5.32 Å². The summed E-state index contributed by atoms with van der Waals surface area (Å²) in [6.07, 6.45) is 0. The summed E-state index contributed by atoms with van der Waals surface area (Å²) in [6.45, 7) is -0.457. The molecule has 2 rings (SSSR count). The number of carbonyl (C=O) groups is 1. The first kappa shape index (κ1) is 18.7. The second-order valence-electron chi connectivity index (χ2n) is 4.86. The normalized spacial score (nSPS) is 11.5. The molecular formula is C15H13Cl2FN2O3S. The lowest BCUT2D eigenvalue weighted by molar-refractivity contribution is -0.116. The molecule has 0 saturated carbocycles. The van der Waals surface area contributed by atoms with Crippen molar-refractivity contribution in [2.75, 3.05) is 18.9 Å². The minimum atomic E-state index is -3.92. The number of halogens is 3. The van der Waals surface area contributed by atoms with E-state index in [4.69, 9.17) is 23.2 Å². The van der Waals surface area contributed by atoms with Crippen LogP contribution in [0.3, 0.4) is 0 Å². The lowest BCUT2D eigenvalue weighted by Gasteiger charge is -2.17. The summed E-state index contributed by atoms with van der Waals surface area (Å²) < 4.78 is 38.4. The third-order valence-electron chi connectivity index (χ3n) is 3.12. The van der Waals surface area contributed by atoms with Crippen LogP contribution in [0.2, 0.25) is 10.0 Å². The van der Waals surface area contributed by atoms with Crippen LogP contribution in [0, 0.1) is 5.82 Å². The van der Waals surface area contributed by atoms with E-state index in [1.54, 1.807) is 18.2 Å². The van der Waals surface area contributed by atoms with Crippen LogP contribution in [0.5, 0.6) is 0 Å². The average Bonchev–Trinajstić information content (AvgIpc) is 2.51. The molecule has 2 aromatic carbocycles. The summed E-state index contributed by atoms with van der Waals surface area (Å²) in [5.41, 5.74) is 0.207. The van der Waals surface area contributed by atoms with Crippen molar-refractivity contribution in [3.8, 4) is 0 Å². The highest BCUT2D eigenvalue weighted by Crippen LogP contribution is 2.29. The summed E-state index contributed by atoms with van der Waals surface area (Å²) >= 11 is 11.9. The van der Waals surface area contributed by atoms with Gasteiger partial charge in [0.2, 0.25) is 15.9 Å². The Kier molecular flexibility index (Phi) is 5.82. The lowest BCUT2D eigenvalue weighted by atomic mass is 10.3. The van der Waals surface area contributed by atoms with Gasteiger partial charge in [-0.05, 0) is 36.4 Å². The molecule has 0 radical (unpaired) electrons. The zero-order chi connectivity index (χ0) is 17.9. The van der Waals surface area contributed by atoms with E-state index in [0.29, 0.717) is 0 Å². The van der Waals surface area contributed by atoms with Gasteiger partial charge in [-0.2, -0.15) is 4.31 Å². The minimum absolute atomic E-state index is 0.116. The van der Waals surface area contributed by atoms with Gasteiger partial charge in [-0.3, -0.25) is 4.79 Å². The molecule has 0 aromatic heterocycles. The first-order chi connectivity index (χ1) is 11.2. The SMILES string of the molecule is CN(CC(=O)Nc1c(Cl)cccc1Cl)S(=O)(=O)c1ccc(F)cc1. The van der Waals surface area contributed by atoms with Gasteiger partial charge in [-0.1, -0.05) is 29.3 Å². The van der Waals surface area contributed by atoms with Gasteiger partial charge in [0, 0.05) is 7.05 Å². The van der Waals surface area contributed by atoms with Crippen LogP contribution in [0.1, 0.15) is 0 Å². The van der Waals surface area contributed by atoms with Gasteiger partial charge in [-0.25, -0.2) is 12.8 Å². The molecule has 0 spiro atoms. The maximum Gasteiger partial charge on any atom is 0.243 e. The highest BCUT2D eigenvalue weighted by molar-refractivity contribution is 7.89. The molecule has 9 heteroatoms. The van der Waals surface area contributed by atoms with E-state index in [1.165, 1.54) is 7.05 Å². The average molecular weight is 391 g/mol. The maximum absolute atomic E-state index is 12.9. The van der Waals surface area contributed by atoms with Gasteiger partial charge in [0.1, 0.15) is 5.82 Å². The number of hydrogen-bond acceptors (Lipinski definition) is 3. The van der Waals surface area contributed by atoms with Crippen molar-refractivity contribution >= 4 is 44.8 Å². The lowest BCUT2D eigenvalue weighted by Crippen LogP contribution is -2.35. The zero-order valence-electron chi connectivity index (χ0n) is 12.5. The van der Waals surface area contributed by atoms with Crippen molar-refractivity contribution in [3.05, 3.63) is 58.3 Å². The third-order valence-corrected chi connectivity index (χ3v) is 5.56. The van der Waals surface area contributed by atoms with Crippen LogP contribution < -0.4 is 5.32 Å². The smallest absolute Gasteiger partial charge is 0.243 e. The molecule has 0 atom stereocenters. The number of likely N-dealkylation sites (N-methyl/N-ethyl adjacent to an activating group) is 1. The number of hydrogen-bond donors (Lipinski definition) is 1. The number of amides is 1. The predicted molar refractivity (Wildman–Crippen MR) is 91.3 cm³/mol. The molecule has 24 heavy (non-hydrogen) atoms. The Labute approximate surface area is 149 Å². The Bertz CT molecular complexity index is 837. The number of sulfonamides is 1. The molecule has 128 valence electrons. The minimum Gasteiger partial charge on any atom is -0.322 e. The van der Waals surface area contributed by atoms with Gasteiger partial charge in [-0.15, -0.1) is 0 Å². The van der Waals surface area contributed by atoms with Crippen molar-refractivity contribution in [1.82, 2.24) is 4.31 Å². The van der Waals surface area contributed by atoms with E-state index >= 15 is 0 Å². The molecule has 0 aliphatic heterocycles. The van der Waals surface area contributed by atoms with E-state index < -0.39 is 28.3 Å². The van der Waals surface area contributed by atoms with E-state index in [0.717, 1.165) is 28.6 Å². The van der Waals surface area contributed by atoms with Crippen molar-refractivity contribution in [2.45, 2.75) is 4.90 Å². The topological polar surface area (TPSA) is 66.5 Å². The van der Waals surface area contributed by atoms with Crippen molar-refractivity contribution < 1.29 is 17.6 Å². The molecule has 0 aliphatic carbocycles. The summed E-state index contributed by atoms with van der Waals surface area (Å²) in [4.78, 5) is 11.9. The Balaban J connectivity index is 2.12. The molecule has 1 N–H and O–H groups in total. The quantitative estimate of drug-likeness (QED) is 0.850. The first-order valence-electron chi connectivity index (χ1n) is 6.67. The number of anilines is 1. The van der Waals surface area contributed by atoms with Gasteiger partial charge >= 0.3 is 0 Å². The molecule has 0 aliphatic rings. The van der Waals surface area contributed by atoms with Crippen molar-refractivity contribution in [2.24, 2.45) is 0 Å². The molecule has 1 amide bonds. The maximum atomic E-state index is 12.9. The second-order valence-corrected chi connectivity index (χ2v) is 7.72. The fourth-order valence-corrected chi connectivity index (χ4v) is 3.49. The van der Waals surface area contributed by atoms with E-state index in [1.807, 2.05) is 0 Å². The Hall–Kier alpha value is -1.67. The van der Waals surface area contributed by atoms with Crippen molar-refractivity contribution in [3.63, 3.8) is 0 Å². The largest absolute Gasteiger partial charge is 0.322 e. The molecular weight excluding hydrogens is 378 g/mol. The predicted octanol–water partition coefficient (Wildman–Crippen LogP) is 3.39. The Morgan fingerprint density at radius 2 is 1.67 bits per heavy atom. The van der Waals surface area contributed by atoms with Crippen LogP contribution >= 0.6 is 23.2 Å². The summed E-state index contributed by atoms with van der Waals surface area (Å²) in [5, 5.41) is 2.95. The summed E-state index contributed by atoms with van der Waals surface area (Å²) in [6, 6.07) is 9.03. The fourth-order valence-electron chi connectivity index (χ4n) is 1.87. The summed E-state index contributed by atoms with van der Waals surface area (Å²) in [7, 11) is -2.68. The zero-order valence-corrected chi connectivity index (χ0v) is 14.8. The van der Waals surface area contributed by atoms with Crippen LogP contribution in [-0.4, -0.2) is 32.2 Å². The number of nitrogens with zero attached hydrogens (tertiary/aromatic N) is 1. The highest BCUT2D eigenvalue weighted by atomic mass is 35.5. The summed E-state index contributed by atoms with van der Waals surface area (Å²) in [5.74, 6) is -1.17. The van der Waals surface area contributed by atoms with Crippen LogP contribution in [0.15, 0.2) is 47.4 Å². The fraction of sp³-hybridized carbons (Fsp3) is 0.133. The van der Waals surface area contributed by atoms with E-state index in [9.17, 15) is 17.6 Å². The Morgan fingerprint density at radius 3 is 2.21 bits per heavy atom. The Morgan fingerprint density at radius 1 is 1.12 bits per heavy atom. The molecule has 0 bridgehead atoms. The second kappa shape index (κ2) is 7.48. The first-order valence-corrected chi connectivity index (χ1v) is 8.87. The van der Waals surface area contributed by atoms with Gasteiger partial charge < -0.3 is 5.32 Å². The highest BCUT2D eigenvalue weighted by Gasteiger charge is 2.23. The number of rotatable bonds is 5. The standard InChI is InChI=1S/C15H13Cl2FN2O3S/c1-20(24(22,23)11-7-5-10(18)6-8-11)9-14(21)19-15-12(16)3-2-4-13(15)17/h2-8H,9H2,1H3,(H,19,21). The molecule has 5 nitrogen and oxygen atoms in total. The number of carbonyl (C=O) groups excluding carboxylic acids is 1. The molecule has 2 aromatic rings. The van der Waals surface area contributed by atoms with Crippen LogP contribution in [0.4, 0.5) is 10.1 Å². The molecule has 0 fully saturated rings. The molecule has 0 heterocycles. The number of benzene rings is 2. The van der Waals surface area contributed by atoms with Gasteiger partial charge in [0.05, 0.1) is 27.2 Å². The van der Waals surface area contributed by atoms with Crippen LogP contribution in [0.25, 0.3) is 0 Å². The number of nitrogens with one attached hydrogen (secondary N) is 1. The van der Waals surface area contributed by atoms with Gasteiger partial charge in [0.15, 0.2) is 0 Å². The van der Waals surface area contributed by atoms with Crippen molar-refractivity contribution in [1.29, 1.82) is 0 Å². The third kappa shape index (κ3) is 4.24. The molecule has 0 saturated heterocycles. The molecule has 0 unspecified atom stereocenters. The van der Waals surface area contributed by atoms with Gasteiger partial charge in [0.25, 0.3) is 0 Å². The monoisotopic (exact) mass is 390 g/mol. The van der Waals surface area contributed by atoms with E-state index in [-0.39, 0.29) is 20.6 Å². The van der Waals surface area contributed by atoms with Crippen LogP contribution in [-0.2, 0) is 14.8 Å². The number of para-hydroxylation sites is 1.